The number of carbonyl (C=O) groups excluding carboxylic acids is 1. The molecule has 0 spiro atoms. The van der Waals surface area contributed by atoms with E-state index in [1.165, 1.54) is 25.4 Å². The zero-order valence-corrected chi connectivity index (χ0v) is 27.0. The Bertz CT molecular complexity index is 1750. The molecular formula is C32H36N6O8S. The predicted molar refractivity (Wildman–Crippen MR) is 174 cm³/mol. The van der Waals surface area contributed by atoms with Crippen molar-refractivity contribution in [3.63, 3.8) is 0 Å². The normalized spacial score (nSPS) is 13.1. The highest BCUT2D eigenvalue weighted by atomic mass is 32.2. The van der Waals surface area contributed by atoms with Crippen molar-refractivity contribution >= 4 is 33.7 Å². The molecule has 2 N–H and O–H groups in total. The van der Waals surface area contributed by atoms with Gasteiger partial charge in [-0.05, 0) is 47.9 Å². The molecule has 1 fully saturated rings. The molecule has 0 radical (unpaired) electrons. The molecule has 15 heteroatoms. The van der Waals surface area contributed by atoms with Crippen molar-refractivity contribution in [3.8, 4) is 23.1 Å². The summed E-state index contributed by atoms with van der Waals surface area (Å²) in [7, 11) is -2.67. The molecule has 5 rings (SSSR count). The minimum absolute atomic E-state index is 0.0338. The summed E-state index contributed by atoms with van der Waals surface area (Å²) in [6.07, 6.45) is 0.807. The Hall–Kier alpha value is -5.15. The van der Waals surface area contributed by atoms with Crippen LogP contribution in [0.15, 0.2) is 77.8 Å². The lowest BCUT2D eigenvalue weighted by atomic mass is 10.0. The zero-order chi connectivity index (χ0) is 33.2. The largest absolute Gasteiger partial charge is 0.493 e. The number of anilines is 3. The molecule has 0 bridgehead atoms. The molecule has 4 aromatic rings. The molecule has 0 unspecified atom stereocenters. The average molecular weight is 665 g/mol. The van der Waals surface area contributed by atoms with Crippen LogP contribution >= 0.6 is 0 Å². The molecule has 1 aliphatic heterocycles. The predicted octanol–water partition coefficient (Wildman–Crippen LogP) is 5.06. The third-order valence-corrected chi connectivity index (χ3v) is 8.29. The van der Waals surface area contributed by atoms with E-state index in [4.69, 9.17) is 23.7 Å². The van der Waals surface area contributed by atoms with Crippen LogP contribution in [0.3, 0.4) is 0 Å². The van der Waals surface area contributed by atoms with Crippen molar-refractivity contribution in [2.24, 2.45) is 0 Å². The van der Waals surface area contributed by atoms with Crippen molar-refractivity contribution in [2.45, 2.75) is 24.7 Å². The summed E-state index contributed by atoms with van der Waals surface area (Å²) in [5.41, 5.74) is 0.993. The number of nitrogens with one attached hydrogen (secondary N) is 2. The molecule has 0 saturated carbocycles. The summed E-state index contributed by atoms with van der Waals surface area (Å²) in [6, 6.07) is 18.5. The van der Waals surface area contributed by atoms with E-state index in [1.807, 2.05) is 18.7 Å². The fraction of sp³-hybridized carbons (Fsp3) is 0.312. The Morgan fingerprint density at radius 3 is 2.36 bits per heavy atom. The number of aromatic nitrogens is 3. The first-order valence-electron chi connectivity index (χ1n) is 14.9. The van der Waals surface area contributed by atoms with Gasteiger partial charge in [0.15, 0.2) is 17.3 Å². The summed E-state index contributed by atoms with van der Waals surface area (Å²) < 4.78 is 58.4. The zero-order valence-electron chi connectivity index (χ0n) is 26.2. The molecule has 0 atom stereocenters. The second kappa shape index (κ2) is 15.4. The summed E-state index contributed by atoms with van der Waals surface area (Å²) in [5, 5.41) is 2.52. The van der Waals surface area contributed by atoms with Crippen molar-refractivity contribution in [2.75, 3.05) is 61.6 Å². The molecule has 0 aliphatic carbocycles. The molecular weight excluding hydrogens is 628 g/mol. The van der Waals surface area contributed by atoms with Gasteiger partial charge in [0.25, 0.3) is 15.9 Å². The van der Waals surface area contributed by atoms with Crippen LogP contribution in [0.1, 0.15) is 25.3 Å². The highest BCUT2D eigenvalue weighted by Gasteiger charge is 2.27. The highest BCUT2D eigenvalue weighted by Crippen LogP contribution is 2.41. The van der Waals surface area contributed by atoms with E-state index in [9.17, 15) is 13.2 Å². The molecule has 1 saturated heterocycles. The van der Waals surface area contributed by atoms with E-state index >= 15 is 0 Å². The van der Waals surface area contributed by atoms with Crippen LogP contribution < -0.4 is 29.1 Å². The number of sulfonamides is 1. The summed E-state index contributed by atoms with van der Waals surface area (Å²) >= 11 is 0. The van der Waals surface area contributed by atoms with E-state index in [-0.39, 0.29) is 53.2 Å². The molecule has 1 aliphatic rings. The number of rotatable bonds is 13. The van der Waals surface area contributed by atoms with Crippen LogP contribution in [-0.4, -0.2) is 76.1 Å². The lowest BCUT2D eigenvalue weighted by Crippen LogP contribution is -2.37. The Balaban J connectivity index is 1.48. The number of para-hydroxylation sites is 2. The second-order valence-corrected chi connectivity index (χ2v) is 12.2. The van der Waals surface area contributed by atoms with Gasteiger partial charge in [0.1, 0.15) is 19.0 Å². The topological polar surface area (TPSA) is 163 Å². The molecule has 3 heterocycles. The molecule has 2 aromatic carbocycles. The van der Waals surface area contributed by atoms with Gasteiger partial charge in [0.05, 0.1) is 25.2 Å². The van der Waals surface area contributed by atoms with Crippen molar-refractivity contribution in [1.82, 2.24) is 15.0 Å². The van der Waals surface area contributed by atoms with Crippen molar-refractivity contribution in [1.29, 1.82) is 0 Å². The second-order valence-electron chi connectivity index (χ2n) is 10.5. The maximum Gasteiger partial charge on any atom is 0.412 e. The van der Waals surface area contributed by atoms with Gasteiger partial charge in [-0.25, -0.2) is 18.2 Å². The first-order valence-corrected chi connectivity index (χ1v) is 16.4. The molecule has 1 amide bonds. The number of benzene rings is 2. The SMILES string of the molecule is COc1ccccc1Oc1c(NS(=O)(=O)c2ccc(C(C)C)cc2)nc(N2CCOCC2)nc1OCCOC(=O)Nc1ccccn1. The monoisotopic (exact) mass is 664 g/mol. The fourth-order valence-electron chi connectivity index (χ4n) is 4.46. The standard InChI is InChI=1S/C32H36N6O8S/c1-22(2)23-11-13-24(14-12-23)47(40,41)37-29-28(46-26-9-5-4-8-25(26)42-3)30(36-31(35-29)38-16-18-43-19-17-38)44-20-21-45-32(39)34-27-10-6-7-15-33-27/h4-15,22H,16-21H2,1-3H3,(H,33,34,39)(H,35,36,37). The third-order valence-electron chi connectivity index (χ3n) is 6.94. The number of morpholine rings is 1. The quantitative estimate of drug-likeness (QED) is 0.183. The lowest BCUT2D eigenvalue weighted by molar-refractivity contribution is 0.121. The Kier molecular flexibility index (Phi) is 10.9. The van der Waals surface area contributed by atoms with Gasteiger partial charge in [-0.15, -0.1) is 0 Å². The van der Waals surface area contributed by atoms with Crippen molar-refractivity contribution < 1.29 is 36.9 Å². The van der Waals surface area contributed by atoms with Crippen LogP contribution in [0, 0.1) is 0 Å². The number of pyridine rings is 1. The number of hydrogen-bond acceptors (Lipinski definition) is 12. The number of methoxy groups -OCH3 is 1. The van der Waals surface area contributed by atoms with Gasteiger partial charge in [0.2, 0.25) is 11.7 Å². The van der Waals surface area contributed by atoms with E-state index in [0.29, 0.717) is 37.9 Å². The van der Waals surface area contributed by atoms with Crippen LogP contribution in [0.5, 0.6) is 23.1 Å². The summed E-state index contributed by atoms with van der Waals surface area (Å²) in [4.78, 5) is 27.4. The van der Waals surface area contributed by atoms with E-state index in [1.54, 1.807) is 54.6 Å². The minimum atomic E-state index is -4.15. The highest BCUT2D eigenvalue weighted by molar-refractivity contribution is 7.92. The number of hydrogen-bond donors (Lipinski definition) is 2. The first-order chi connectivity index (χ1) is 22.7. The smallest absolute Gasteiger partial charge is 0.412 e. The van der Waals surface area contributed by atoms with Gasteiger partial charge in [-0.1, -0.05) is 44.2 Å². The van der Waals surface area contributed by atoms with E-state index in [0.717, 1.165) is 5.56 Å². The fourth-order valence-corrected chi connectivity index (χ4v) is 5.47. The van der Waals surface area contributed by atoms with Crippen LogP contribution in [0.2, 0.25) is 0 Å². The maximum atomic E-state index is 13.7. The molecule has 14 nitrogen and oxygen atoms in total. The van der Waals surface area contributed by atoms with Gasteiger partial charge >= 0.3 is 6.09 Å². The number of ether oxygens (including phenoxy) is 5. The molecule has 248 valence electrons. The van der Waals surface area contributed by atoms with Crippen LogP contribution in [0.25, 0.3) is 0 Å². The van der Waals surface area contributed by atoms with Gasteiger partial charge in [-0.3, -0.25) is 10.0 Å². The third kappa shape index (κ3) is 8.77. The van der Waals surface area contributed by atoms with Crippen molar-refractivity contribution in [3.05, 3.63) is 78.5 Å². The Labute approximate surface area is 273 Å². The Morgan fingerprint density at radius 1 is 0.957 bits per heavy atom. The van der Waals surface area contributed by atoms with Gasteiger partial charge < -0.3 is 28.6 Å². The van der Waals surface area contributed by atoms with E-state index in [2.05, 4.69) is 25.0 Å². The van der Waals surface area contributed by atoms with Gasteiger partial charge in [0, 0.05) is 19.3 Å². The molecule has 47 heavy (non-hydrogen) atoms. The summed E-state index contributed by atoms with van der Waals surface area (Å²) in [5.74, 6) is 1.01. The average Bonchev–Trinajstić information content (AvgIpc) is 3.08. The van der Waals surface area contributed by atoms with Gasteiger partial charge in [-0.2, -0.15) is 9.97 Å². The minimum Gasteiger partial charge on any atom is -0.493 e. The maximum absolute atomic E-state index is 13.7. The number of carbonyl (C=O) groups is 1. The first kappa shape index (κ1) is 33.2. The molecule has 2 aromatic heterocycles. The van der Waals surface area contributed by atoms with Crippen LogP contribution in [0.4, 0.5) is 22.4 Å². The number of amides is 1. The Morgan fingerprint density at radius 2 is 1.68 bits per heavy atom. The summed E-state index contributed by atoms with van der Waals surface area (Å²) in [6.45, 7) is 5.52. The number of nitrogens with zero attached hydrogens (tertiary/aromatic N) is 4. The van der Waals surface area contributed by atoms with E-state index < -0.39 is 16.1 Å². The lowest BCUT2D eigenvalue weighted by Gasteiger charge is -2.28. The van der Waals surface area contributed by atoms with Crippen LogP contribution in [-0.2, 0) is 19.5 Å².